The molecule has 1 aromatic carbocycles. The van der Waals surface area contributed by atoms with Crippen molar-refractivity contribution in [2.45, 2.75) is 19.3 Å². The molecule has 3 nitrogen and oxygen atoms in total. The van der Waals surface area contributed by atoms with Crippen LogP contribution in [0.1, 0.15) is 18.4 Å². The molecule has 3 heteroatoms. The van der Waals surface area contributed by atoms with Crippen LogP contribution in [0.5, 0.6) is 0 Å². The minimum absolute atomic E-state index is 0.142. The van der Waals surface area contributed by atoms with Gasteiger partial charge in [0.15, 0.2) is 0 Å². The van der Waals surface area contributed by atoms with Gasteiger partial charge in [0.25, 0.3) is 0 Å². The average Bonchev–Trinajstić information content (AvgIpc) is 3.12. The molecule has 0 aliphatic heterocycles. The van der Waals surface area contributed by atoms with Gasteiger partial charge in [0, 0.05) is 26.3 Å². The lowest BCUT2D eigenvalue weighted by Gasteiger charge is -2.10. The number of anilines is 1. The third kappa shape index (κ3) is 3.77. The molecule has 0 atom stereocenters. The molecular weight excluding hydrogens is 212 g/mol. The number of carbonyl (C=O) groups is 1. The van der Waals surface area contributed by atoms with Crippen LogP contribution in [0.4, 0.5) is 5.69 Å². The fourth-order valence-electron chi connectivity index (χ4n) is 1.66. The maximum absolute atomic E-state index is 11.5. The van der Waals surface area contributed by atoms with Gasteiger partial charge in [-0.15, -0.1) is 0 Å². The summed E-state index contributed by atoms with van der Waals surface area (Å²) < 4.78 is 0. The van der Waals surface area contributed by atoms with Gasteiger partial charge in [-0.25, -0.2) is 0 Å². The molecule has 2 rings (SSSR count). The second-order valence-corrected chi connectivity index (χ2v) is 4.99. The van der Waals surface area contributed by atoms with Crippen LogP contribution in [0.2, 0.25) is 0 Å². The zero-order chi connectivity index (χ0) is 12.3. The number of benzene rings is 1. The lowest BCUT2D eigenvalue weighted by atomic mass is 10.1. The average molecular weight is 232 g/mol. The van der Waals surface area contributed by atoms with Crippen LogP contribution in [-0.2, 0) is 11.2 Å². The third-order valence-electron chi connectivity index (χ3n) is 3.10. The van der Waals surface area contributed by atoms with Gasteiger partial charge in [-0.3, -0.25) is 4.79 Å². The molecule has 92 valence electrons. The van der Waals surface area contributed by atoms with E-state index in [0.717, 1.165) is 23.7 Å². The summed E-state index contributed by atoms with van der Waals surface area (Å²) in [5, 5.41) is 3.41. The molecule has 0 aromatic heterocycles. The van der Waals surface area contributed by atoms with E-state index in [-0.39, 0.29) is 5.91 Å². The van der Waals surface area contributed by atoms with Crippen molar-refractivity contribution in [1.82, 2.24) is 4.90 Å². The smallest absolute Gasteiger partial charge is 0.226 e. The molecule has 1 fully saturated rings. The molecule has 0 heterocycles. The highest BCUT2D eigenvalue weighted by Gasteiger charge is 2.20. The number of likely N-dealkylation sites (N-methyl/N-ethyl adjacent to an activating group) is 1. The molecule has 17 heavy (non-hydrogen) atoms. The van der Waals surface area contributed by atoms with E-state index in [1.165, 1.54) is 12.8 Å². The number of nitrogens with zero attached hydrogens (tertiary/aromatic N) is 1. The number of nitrogens with one attached hydrogen (secondary N) is 1. The lowest BCUT2D eigenvalue weighted by Crippen LogP contribution is -2.23. The van der Waals surface area contributed by atoms with Crippen molar-refractivity contribution in [2.75, 3.05) is 26.0 Å². The first-order valence-electron chi connectivity index (χ1n) is 6.18. The van der Waals surface area contributed by atoms with E-state index in [9.17, 15) is 4.79 Å². The van der Waals surface area contributed by atoms with Crippen LogP contribution in [-0.4, -0.2) is 31.4 Å². The van der Waals surface area contributed by atoms with E-state index in [0.29, 0.717) is 6.42 Å². The number of hydrogen-bond donors (Lipinski definition) is 1. The van der Waals surface area contributed by atoms with Gasteiger partial charge < -0.3 is 10.2 Å². The Hall–Kier alpha value is -1.51. The Morgan fingerprint density at radius 3 is 2.47 bits per heavy atom. The summed E-state index contributed by atoms with van der Waals surface area (Å²) in [5.74, 6) is 1.02. The van der Waals surface area contributed by atoms with Crippen LogP contribution in [0.3, 0.4) is 0 Å². The molecule has 1 aromatic rings. The van der Waals surface area contributed by atoms with E-state index in [2.05, 4.69) is 17.4 Å². The van der Waals surface area contributed by atoms with Crippen molar-refractivity contribution in [3.63, 3.8) is 0 Å². The highest BCUT2D eigenvalue weighted by molar-refractivity contribution is 5.78. The zero-order valence-corrected chi connectivity index (χ0v) is 10.6. The largest absolute Gasteiger partial charge is 0.385 e. The van der Waals surface area contributed by atoms with E-state index >= 15 is 0 Å². The van der Waals surface area contributed by atoms with Crippen LogP contribution in [0.25, 0.3) is 0 Å². The molecule has 1 aliphatic carbocycles. The van der Waals surface area contributed by atoms with E-state index < -0.39 is 0 Å². The number of rotatable bonds is 5. The quantitative estimate of drug-likeness (QED) is 0.843. The minimum Gasteiger partial charge on any atom is -0.385 e. The number of hydrogen-bond acceptors (Lipinski definition) is 2. The SMILES string of the molecule is CN(C)C(=O)Cc1ccc(NCC2CC2)cc1. The normalized spacial score (nSPS) is 14.5. The monoisotopic (exact) mass is 232 g/mol. The molecule has 1 saturated carbocycles. The Labute approximate surface area is 103 Å². The minimum atomic E-state index is 0.142. The highest BCUT2D eigenvalue weighted by atomic mass is 16.2. The van der Waals surface area contributed by atoms with Gasteiger partial charge in [0.05, 0.1) is 6.42 Å². The summed E-state index contributed by atoms with van der Waals surface area (Å²) in [6.45, 7) is 1.08. The highest BCUT2D eigenvalue weighted by Crippen LogP contribution is 2.28. The van der Waals surface area contributed by atoms with Crippen molar-refractivity contribution in [3.05, 3.63) is 29.8 Å². The molecule has 1 amide bonds. The Kier molecular flexibility index (Phi) is 3.67. The first kappa shape index (κ1) is 12.0. The van der Waals surface area contributed by atoms with Crippen molar-refractivity contribution in [2.24, 2.45) is 5.92 Å². The molecular formula is C14H20N2O. The van der Waals surface area contributed by atoms with E-state index in [4.69, 9.17) is 0 Å². The number of amides is 1. The molecule has 0 unspecified atom stereocenters. The van der Waals surface area contributed by atoms with E-state index in [1.807, 2.05) is 12.1 Å². The standard InChI is InChI=1S/C14H20N2O/c1-16(2)14(17)9-11-5-7-13(8-6-11)15-10-12-3-4-12/h5-8,12,15H,3-4,9-10H2,1-2H3. The Balaban J connectivity index is 1.85. The fraction of sp³-hybridized carbons (Fsp3) is 0.500. The van der Waals surface area contributed by atoms with Gasteiger partial charge in [-0.1, -0.05) is 12.1 Å². The topological polar surface area (TPSA) is 32.3 Å². The van der Waals surface area contributed by atoms with Crippen molar-refractivity contribution >= 4 is 11.6 Å². The molecule has 0 spiro atoms. The zero-order valence-electron chi connectivity index (χ0n) is 10.6. The molecule has 0 bridgehead atoms. The van der Waals surface area contributed by atoms with Crippen molar-refractivity contribution < 1.29 is 4.79 Å². The first-order chi connectivity index (χ1) is 8.15. The molecule has 0 radical (unpaired) electrons. The first-order valence-corrected chi connectivity index (χ1v) is 6.18. The van der Waals surface area contributed by atoms with Crippen molar-refractivity contribution in [3.8, 4) is 0 Å². The Morgan fingerprint density at radius 1 is 1.29 bits per heavy atom. The molecule has 1 N–H and O–H groups in total. The van der Waals surface area contributed by atoms with Crippen LogP contribution >= 0.6 is 0 Å². The summed E-state index contributed by atoms with van der Waals surface area (Å²) in [4.78, 5) is 13.2. The fourth-order valence-corrected chi connectivity index (χ4v) is 1.66. The van der Waals surface area contributed by atoms with Gasteiger partial charge >= 0.3 is 0 Å². The van der Waals surface area contributed by atoms with Crippen LogP contribution in [0, 0.1) is 5.92 Å². The van der Waals surface area contributed by atoms with Gasteiger partial charge in [0.1, 0.15) is 0 Å². The summed E-state index contributed by atoms with van der Waals surface area (Å²) in [5.41, 5.74) is 2.22. The summed E-state index contributed by atoms with van der Waals surface area (Å²) >= 11 is 0. The van der Waals surface area contributed by atoms with Crippen molar-refractivity contribution in [1.29, 1.82) is 0 Å². The van der Waals surface area contributed by atoms with E-state index in [1.54, 1.807) is 19.0 Å². The maximum Gasteiger partial charge on any atom is 0.226 e. The predicted molar refractivity (Wildman–Crippen MR) is 70.1 cm³/mol. The molecule has 0 saturated heterocycles. The molecule has 1 aliphatic rings. The summed E-state index contributed by atoms with van der Waals surface area (Å²) in [6, 6.07) is 8.16. The maximum atomic E-state index is 11.5. The second kappa shape index (κ2) is 5.21. The van der Waals surface area contributed by atoms with Gasteiger partial charge in [-0.05, 0) is 36.5 Å². The lowest BCUT2D eigenvalue weighted by molar-refractivity contribution is -0.127. The summed E-state index contributed by atoms with van der Waals surface area (Å²) in [6.07, 6.45) is 3.21. The Bertz CT molecular complexity index is 380. The predicted octanol–water partition coefficient (Wildman–Crippen LogP) is 2.14. The van der Waals surface area contributed by atoms with Crippen LogP contribution in [0.15, 0.2) is 24.3 Å². The van der Waals surface area contributed by atoms with Gasteiger partial charge in [0.2, 0.25) is 5.91 Å². The second-order valence-electron chi connectivity index (χ2n) is 4.99. The third-order valence-corrected chi connectivity index (χ3v) is 3.10. The van der Waals surface area contributed by atoms with Gasteiger partial charge in [-0.2, -0.15) is 0 Å². The summed E-state index contributed by atoms with van der Waals surface area (Å²) in [7, 11) is 3.57. The Morgan fingerprint density at radius 2 is 1.94 bits per heavy atom. The van der Waals surface area contributed by atoms with Crippen LogP contribution < -0.4 is 5.32 Å². The number of carbonyl (C=O) groups excluding carboxylic acids is 1.